The van der Waals surface area contributed by atoms with E-state index in [0.717, 1.165) is 11.6 Å². The average Bonchev–Trinajstić information content (AvgIpc) is 2.95. The number of nitrogens with one attached hydrogen (secondary N) is 1. The molecule has 0 atom stereocenters. The molecule has 2 heterocycles. The average molecular weight is 318 g/mol. The molecule has 1 aromatic rings. The molecule has 0 radical (unpaired) electrons. The molecule has 5 nitrogen and oxygen atoms in total. The Balaban J connectivity index is 2.08. The number of allylic oxidation sites excluding steroid dienone is 1. The molecule has 0 bridgehead atoms. The van der Waals surface area contributed by atoms with Crippen molar-refractivity contribution in [3.63, 3.8) is 0 Å². The molecule has 9 heteroatoms. The number of halogens is 3. The second-order valence-corrected chi connectivity index (χ2v) is 4.85. The summed E-state index contributed by atoms with van der Waals surface area (Å²) >= 11 is 4.98. The van der Waals surface area contributed by atoms with E-state index in [-0.39, 0.29) is 17.4 Å². The molecule has 0 aliphatic carbocycles. The minimum atomic E-state index is -4.35. The highest BCUT2D eigenvalue weighted by Crippen LogP contribution is 2.22. The number of amides is 1. The summed E-state index contributed by atoms with van der Waals surface area (Å²) in [5.41, 5.74) is 0.617. The Bertz CT molecular complexity index is 594. The van der Waals surface area contributed by atoms with Crippen LogP contribution in [0.25, 0.3) is 0 Å². The molecule has 1 fully saturated rings. The van der Waals surface area contributed by atoms with Gasteiger partial charge < -0.3 is 5.32 Å². The summed E-state index contributed by atoms with van der Waals surface area (Å²) in [6.07, 6.45) is -1.37. The van der Waals surface area contributed by atoms with Crippen molar-refractivity contribution in [2.24, 2.45) is 0 Å². The van der Waals surface area contributed by atoms with Crippen LogP contribution in [0.3, 0.4) is 0 Å². The van der Waals surface area contributed by atoms with E-state index in [1.54, 1.807) is 17.1 Å². The highest BCUT2D eigenvalue weighted by Gasteiger charge is 2.33. The number of alkyl halides is 3. The molecular weight excluding hydrogens is 305 g/mol. The maximum Gasteiger partial charge on any atom is 0.392 e. The van der Waals surface area contributed by atoms with Crippen molar-refractivity contribution < 1.29 is 18.0 Å². The molecule has 114 valence electrons. The van der Waals surface area contributed by atoms with E-state index in [1.165, 1.54) is 4.90 Å². The predicted molar refractivity (Wildman–Crippen MR) is 72.9 cm³/mol. The summed E-state index contributed by atoms with van der Waals surface area (Å²) < 4.78 is 38.2. The topological polar surface area (TPSA) is 50.2 Å². The molecule has 2 rings (SSSR count). The Labute approximate surface area is 124 Å². The van der Waals surface area contributed by atoms with Crippen molar-refractivity contribution in [2.45, 2.75) is 32.6 Å². The number of thiocarbonyl (C=S) groups is 1. The van der Waals surface area contributed by atoms with Crippen LogP contribution in [0, 0.1) is 0 Å². The highest BCUT2D eigenvalue weighted by atomic mass is 32.1. The van der Waals surface area contributed by atoms with E-state index >= 15 is 0 Å². The van der Waals surface area contributed by atoms with Gasteiger partial charge in [-0.25, -0.2) is 0 Å². The summed E-state index contributed by atoms with van der Waals surface area (Å²) in [6, 6.07) is 0. The fourth-order valence-electron chi connectivity index (χ4n) is 1.82. The lowest BCUT2D eigenvalue weighted by Gasteiger charge is -2.12. The van der Waals surface area contributed by atoms with Crippen LogP contribution in [-0.2, 0) is 17.9 Å². The van der Waals surface area contributed by atoms with Crippen LogP contribution in [0.2, 0.25) is 0 Å². The lowest BCUT2D eigenvalue weighted by molar-refractivity contribution is -0.125. The monoisotopic (exact) mass is 318 g/mol. The summed E-state index contributed by atoms with van der Waals surface area (Å²) in [7, 11) is 0. The van der Waals surface area contributed by atoms with Crippen LogP contribution < -0.4 is 5.32 Å². The van der Waals surface area contributed by atoms with Gasteiger partial charge in [0.25, 0.3) is 5.91 Å². The molecule has 1 aliphatic rings. The number of rotatable bonds is 4. The zero-order chi connectivity index (χ0) is 15.6. The van der Waals surface area contributed by atoms with E-state index in [4.69, 9.17) is 12.2 Å². The molecule has 0 saturated carbocycles. The zero-order valence-corrected chi connectivity index (χ0v) is 12.0. The van der Waals surface area contributed by atoms with Crippen LogP contribution in [0.1, 0.15) is 18.9 Å². The van der Waals surface area contributed by atoms with Crippen molar-refractivity contribution in [1.29, 1.82) is 0 Å². The maximum absolute atomic E-state index is 12.2. The SMILES string of the molecule is CCn1cc(CN2C(=O)/C(=C\CC(F)(F)F)NC2=S)cn1. The van der Waals surface area contributed by atoms with Gasteiger partial charge in [-0.05, 0) is 25.2 Å². The number of carbonyl (C=O) groups excluding carboxylic acids is 1. The van der Waals surface area contributed by atoms with Gasteiger partial charge in [0.15, 0.2) is 5.11 Å². The van der Waals surface area contributed by atoms with Crippen LogP contribution in [0.5, 0.6) is 0 Å². The van der Waals surface area contributed by atoms with Gasteiger partial charge in [-0.3, -0.25) is 14.4 Å². The van der Waals surface area contributed by atoms with Crippen LogP contribution in [0.15, 0.2) is 24.2 Å². The molecule has 1 aromatic heterocycles. The molecule has 1 N–H and O–H groups in total. The first-order chi connectivity index (χ1) is 9.80. The summed E-state index contributed by atoms with van der Waals surface area (Å²) in [4.78, 5) is 13.2. The first-order valence-electron chi connectivity index (χ1n) is 6.21. The van der Waals surface area contributed by atoms with Gasteiger partial charge in [0.05, 0.1) is 19.2 Å². The fourth-order valence-corrected chi connectivity index (χ4v) is 2.07. The molecule has 1 saturated heterocycles. The van der Waals surface area contributed by atoms with Crippen LogP contribution in [-0.4, -0.2) is 31.9 Å². The van der Waals surface area contributed by atoms with Gasteiger partial charge in [0, 0.05) is 18.3 Å². The Morgan fingerprint density at radius 1 is 1.48 bits per heavy atom. The van der Waals surface area contributed by atoms with E-state index in [9.17, 15) is 18.0 Å². The second-order valence-electron chi connectivity index (χ2n) is 4.46. The Morgan fingerprint density at radius 2 is 2.19 bits per heavy atom. The Hall–Kier alpha value is -1.90. The number of carbonyl (C=O) groups is 1. The van der Waals surface area contributed by atoms with Crippen molar-refractivity contribution in [2.75, 3.05) is 0 Å². The largest absolute Gasteiger partial charge is 0.392 e. The number of hydrogen-bond donors (Lipinski definition) is 1. The Kier molecular flexibility index (Phi) is 4.31. The standard InChI is InChI=1S/C12H13F3N4OS/c1-2-18-6-8(5-16-18)7-19-10(20)9(17-11(19)21)3-4-12(13,14)15/h3,5-6H,2,4,7H2,1H3,(H,17,21)/b9-3+. The quantitative estimate of drug-likeness (QED) is 0.681. The van der Waals surface area contributed by atoms with Gasteiger partial charge in [-0.2, -0.15) is 18.3 Å². The number of hydrogen-bond acceptors (Lipinski definition) is 3. The van der Waals surface area contributed by atoms with Crippen molar-refractivity contribution >= 4 is 23.2 Å². The van der Waals surface area contributed by atoms with E-state index in [2.05, 4.69) is 10.4 Å². The van der Waals surface area contributed by atoms with Crippen molar-refractivity contribution in [3.8, 4) is 0 Å². The van der Waals surface area contributed by atoms with Crippen molar-refractivity contribution in [1.82, 2.24) is 20.0 Å². The van der Waals surface area contributed by atoms with E-state index in [1.807, 2.05) is 6.92 Å². The van der Waals surface area contributed by atoms with E-state index < -0.39 is 18.5 Å². The van der Waals surface area contributed by atoms with E-state index in [0.29, 0.717) is 6.54 Å². The smallest absolute Gasteiger partial charge is 0.328 e. The molecule has 0 unspecified atom stereocenters. The molecule has 0 spiro atoms. The number of nitrogens with zero attached hydrogens (tertiary/aromatic N) is 3. The normalized spacial score (nSPS) is 17.7. The third kappa shape index (κ3) is 3.81. The third-order valence-corrected chi connectivity index (χ3v) is 3.17. The van der Waals surface area contributed by atoms with Gasteiger partial charge in [0.2, 0.25) is 0 Å². The minimum absolute atomic E-state index is 0.0951. The lowest BCUT2D eigenvalue weighted by atomic mass is 10.3. The van der Waals surface area contributed by atoms with Gasteiger partial charge in [0.1, 0.15) is 5.70 Å². The van der Waals surface area contributed by atoms with Crippen molar-refractivity contribution in [3.05, 3.63) is 29.7 Å². The maximum atomic E-state index is 12.2. The first-order valence-corrected chi connectivity index (χ1v) is 6.62. The van der Waals surface area contributed by atoms with Crippen LogP contribution >= 0.6 is 12.2 Å². The zero-order valence-electron chi connectivity index (χ0n) is 11.1. The minimum Gasteiger partial charge on any atom is -0.328 e. The Morgan fingerprint density at radius 3 is 2.76 bits per heavy atom. The molecule has 1 amide bonds. The fraction of sp³-hybridized carbons (Fsp3) is 0.417. The predicted octanol–water partition coefficient (Wildman–Crippen LogP) is 1.96. The van der Waals surface area contributed by atoms with Gasteiger partial charge in [-0.1, -0.05) is 0 Å². The van der Waals surface area contributed by atoms with Gasteiger partial charge in [-0.15, -0.1) is 0 Å². The molecule has 21 heavy (non-hydrogen) atoms. The van der Waals surface area contributed by atoms with Crippen LogP contribution in [0.4, 0.5) is 13.2 Å². The first kappa shape index (κ1) is 15.5. The third-order valence-electron chi connectivity index (χ3n) is 2.85. The summed E-state index contributed by atoms with van der Waals surface area (Å²) in [6.45, 7) is 2.78. The lowest BCUT2D eigenvalue weighted by Crippen LogP contribution is -2.29. The molecular formula is C12H13F3N4OS. The number of aryl methyl sites for hydroxylation is 1. The number of aromatic nitrogens is 2. The molecule has 0 aromatic carbocycles. The second kappa shape index (κ2) is 5.84. The highest BCUT2D eigenvalue weighted by molar-refractivity contribution is 7.80. The summed E-state index contributed by atoms with van der Waals surface area (Å²) in [5, 5.41) is 6.67. The molecule has 1 aliphatic heterocycles. The summed E-state index contributed by atoms with van der Waals surface area (Å²) in [5.74, 6) is -0.562. The van der Waals surface area contributed by atoms with Gasteiger partial charge >= 0.3 is 6.18 Å².